The van der Waals surface area contributed by atoms with Crippen molar-refractivity contribution in [2.45, 2.75) is 25.9 Å². The number of anilines is 1. The van der Waals surface area contributed by atoms with Crippen LogP contribution in [-0.2, 0) is 13.0 Å². The molecular weight excluding hydrogens is 268 g/mol. The molecular formula is C16H17BFNO2. The standard InChI is InChI=1S/C16H17BFNO2/c1-11-8-12-4-2-3-5-16(12)19(11)10-13-6-7-14(17(20)21)9-15(13)18/h2-7,9,11,20-21H,8,10H2,1H3. The summed E-state index contributed by atoms with van der Waals surface area (Å²) >= 11 is 0. The summed E-state index contributed by atoms with van der Waals surface area (Å²) in [7, 11) is -1.64. The number of halogens is 1. The molecule has 2 aromatic carbocycles. The molecule has 0 radical (unpaired) electrons. The van der Waals surface area contributed by atoms with Gasteiger partial charge in [0.1, 0.15) is 5.82 Å². The van der Waals surface area contributed by atoms with Crippen molar-refractivity contribution in [3.63, 3.8) is 0 Å². The second-order valence-electron chi connectivity index (χ2n) is 5.53. The van der Waals surface area contributed by atoms with Gasteiger partial charge in [-0.25, -0.2) is 4.39 Å². The molecule has 1 heterocycles. The van der Waals surface area contributed by atoms with E-state index in [1.807, 2.05) is 12.1 Å². The third kappa shape index (κ3) is 2.67. The minimum atomic E-state index is -1.64. The van der Waals surface area contributed by atoms with Crippen molar-refractivity contribution < 1.29 is 14.4 Å². The molecule has 2 N–H and O–H groups in total. The molecule has 3 rings (SSSR count). The Kier molecular flexibility index (Phi) is 3.70. The van der Waals surface area contributed by atoms with Gasteiger partial charge >= 0.3 is 7.12 Å². The Balaban J connectivity index is 1.87. The molecule has 2 aromatic rings. The maximum Gasteiger partial charge on any atom is 0.488 e. The molecule has 5 heteroatoms. The minimum Gasteiger partial charge on any atom is -0.423 e. The van der Waals surface area contributed by atoms with Crippen LogP contribution in [0.25, 0.3) is 0 Å². The van der Waals surface area contributed by atoms with Crippen molar-refractivity contribution in [1.29, 1.82) is 0 Å². The van der Waals surface area contributed by atoms with Gasteiger partial charge in [0, 0.05) is 23.8 Å². The van der Waals surface area contributed by atoms with Crippen LogP contribution in [-0.4, -0.2) is 23.2 Å². The third-order valence-corrected chi connectivity index (χ3v) is 4.06. The zero-order valence-electron chi connectivity index (χ0n) is 11.8. The van der Waals surface area contributed by atoms with Gasteiger partial charge in [0.05, 0.1) is 0 Å². The van der Waals surface area contributed by atoms with Crippen molar-refractivity contribution >= 4 is 18.3 Å². The SMILES string of the molecule is CC1Cc2ccccc2N1Cc1ccc(B(O)O)cc1F. The lowest BCUT2D eigenvalue weighted by Gasteiger charge is -2.25. The van der Waals surface area contributed by atoms with Crippen molar-refractivity contribution in [1.82, 2.24) is 0 Å². The lowest BCUT2D eigenvalue weighted by Crippen LogP contribution is -2.32. The Labute approximate surface area is 123 Å². The third-order valence-electron chi connectivity index (χ3n) is 4.06. The number of fused-ring (bicyclic) bond motifs is 1. The molecule has 0 saturated carbocycles. The van der Waals surface area contributed by atoms with Crippen molar-refractivity contribution in [3.8, 4) is 0 Å². The number of hydrogen-bond donors (Lipinski definition) is 2. The molecule has 0 aromatic heterocycles. The highest BCUT2D eigenvalue weighted by Gasteiger charge is 2.26. The maximum absolute atomic E-state index is 14.1. The van der Waals surface area contributed by atoms with Crippen LogP contribution in [0.1, 0.15) is 18.1 Å². The van der Waals surface area contributed by atoms with Gasteiger partial charge < -0.3 is 14.9 Å². The van der Waals surface area contributed by atoms with Gasteiger partial charge in [-0.3, -0.25) is 0 Å². The summed E-state index contributed by atoms with van der Waals surface area (Å²) in [6.07, 6.45) is 0.964. The Morgan fingerprint density at radius 1 is 1.24 bits per heavy atom. The number of benzene rings is 2. The lowest BCUT2D eigenvalue weighted by molar-refractivity contribution is 0.425. The summed E-state index contributed by atoms with van der Waals surface area (Å²) in [5, 5.41) is 18.1. The normalized spacial score (nSPS) is 17.0. The molecule has 0 bridgehead atoms. The monoisotopic (exact) mass is 285 g/mol. The fraction of sp³-hybridized carbons (Fsp3) is 0.250. The van der Waals surface area contributed by atoms with Crippen LogP contribution in [0, 0.1) is 5.82 Å². The molecule has 0 spiro atoms. The number of rotatable bonds is 3. The zero-order chi connectivity index (χ0) is 15.0. The lowest BCUT2D eigenvalue weighted by atomic mass is 9.80. The van der Waals surface area contributed by atoms with Crippen LogP contribution in [0.15, 0.2) is 42.5 Å². The van der Waals surface area contributed by atoms with Gasteiger partial charge in [0.15, 0.2) is 0 Å². The van der Waals surface area contributed by atoms with Crippen LogP contribution in [0.2, 0.25) is 0 Å². The van der Waals surface area contributed by atoms with Crippen LogP contribution in [0.3, 0.4) is 0 Å². The van der Waals surface area contributed by atoms with E-state index >= 15 is 0 Å². The van der Waals surface area contributed by atoms with Crippen LogP contribution in [0.5, 0.6) is 0 Å². The van der Waals surface area contributed by atoms with E-state index in [1.54, 1.807) is 12.1 Å². The minimum absolute atomic E-state index is 0.172. The van der Waals surface area contributed by atoms with E-state index < -0.39 is 12.9 Å². The molecule has 0 fully saturated rings. The number of hydrogen-bond acceptors (Lipinski definition) is 3. The van der Waals surface area contributed by atoms with E-state index in [1.165, 1.54) is 11.6 Å². The summed E-state index contributed by atoms with van der Waals surface area (Å²) in [5.41, 5.74) is 3.16. The van der Waals surface area contributed by atoms with Crippen LogP contribution < -0.4 is 10.4 Å². The Morgan fingerprint density at radius 2 is 2.00 bits per heavy atom. The van der Waals surface area contributed by atoms with E-state index in [0.717, 1.165) is 12.1 Å². The Morgan fingerprint density at radius 3 is 2.71 bits per heavy atom. The molecule has 1 aliphatic heterocycles. The molecule has 0 amide bonds. The smallest absolute Gasteiger partial charge is 0.423 e. The molecule has 1 aliphatic rings. The van der Waals surface area contributed by atoms with Gasteiger partial charge in [0.2, 0.25) is 0 Å². The average molecular weight is 285 g/mol. The molecule has 21 heavy (non-hydrogen) atoms. The topological polar surface area (TPSA) is 43.7 Å². The first-order valence-electron chi connectivity index (χ1n) is 7.05. The number of para-hydroxylation sites is 1. The predicted molar refractivity (Wildman–Crippen MR) is 82.0 cm³/mol. The zero-order valence-corrected chi connectivity index (χ0v) is 11.8. The van der Waals surface area contributed by atoms with Crippen molar-refractivity contribution in [2.75, 3.05) is 4.90 Å². The highest BCUT2D eigenvalue weighted by Crippen LogP contribution is 2.33. The van der Waals surface area contributed by atoms with Crippen LogP contribution >= 0.6 is 0 Å². The summed E-state index contributed by atoms with van der Waals surface area (Å²) in [5.74, 6) is -0.405. The second kappa shape index (κ2) is 5.50. The molecule has 0 saturated heterocycles. The molecule has 1 atom stereocenters. The molecule has 1 unspecified atom stereocenters. The first-order chi connectivity index (χ1) is 10.1. The van der Waals surface area contributed by atoms with Crippen molar-refractivity contribution in [3.05, 3.63) is 59.4 Å². The van der Waals surface area contributed by atoms with Gasteiger partial charge in [-0.2, -0.15) is 0 Å². The quantitative estimate of drug-likeness (QED) is 0.839. The molecule has 3 nitrogen and oxygen atoms in total. The summed E-state index contributed by atoms with van der Waals surface area (Å²) in [6, 6.07) is 12.9. The largest absolute Gasteiger partial charge is 0.488 e. The first kappa shape index (κ1) is 14.1. The first-order valence-corrected chi connectivity index (χ1v) is 7.05. The average Bonchev–Trinajstić information content (AvgIpc) is 2.77. The van der Waals surface area contributed by atoms with Gasteiger partial charge in [-0.1, -0.05) is 30.3 Å². The van der Waals surface area contributed by atoms with Gasteiger partial charge in [0.25, 0.3) is 0 Å². The summed E-state index contributed by atoms with van der Waals surface area (Å²) in [4.78, 5) is 2.18. The fourth-order valence-electron chi connectivity index (χ4n) is 2.91. The highest BCUT2D eigenvalue weighted by molar-refractivity contribution is 6.58. The molecule has 108 valence electrons. The van der Waals surface area contributed by atoms with Gasteiger partial charge in [-0.05, 0) is 36.5 Å². The summed E-state index contributed by atoms with van der Waals surface area (Å²) < 4.78 is 14.1. The predicted octanol–water partition coefficient (Wildman–Crippen LogP) is 1.46. The molecule has 0 aliphatic carbocycles. The number of nitrogens with zero attached hydrogens (tertiary/aromatic N) is 1. The van der Waals surface area contributed by atoms with E-state index in [4.69, 9.17) is 10.0 Å². The maximum atomic E-state index is 14.1. The van der Waals surface area contributed by atoms with Crippen LogP contribution in [0.4, 0.5) is 10.1 Å². The second-order valence-corrected chi connectivity index (χ2v) is 5.53. The van der Waals surface area contributed by atoms with Crippen molar-refractivity contribution in [2.24, 2.45) is 0 Å². The fourth-order valence-corrected chi connectivity index (χ4v) is 2.91. The highest BCUT2D eigenvalue weighted by atomic mass is 19.1. The Hall–Kier alpha value is -1.85. The van der Waals surface area contributed by atoms with E-state index in [2.05, 4.69) is 24.0 Å². The van der Waals surface area contributed by atoms with E-state index in [0.29, 0.717) is 18.2 Å². The van der Waals surface area contributed by atoms with E-state index in [-0.39, 0.29) is 5.46 Å². The summed E-state index contributed by atoms with van der Waals surface area (Å²) in [6.45, 7) is 2.61. The van der Waals surface area contributed by atoms with E-state index in [9.17, 15) is 4.39 Å². The Bertz CT molecular complexity index is 662. The van der Waals surface area contributed by atoms with Gasteiger partial charge in [-0.15, -0.1) is 0 Å².